The van der Waals surface area contributed by atoms with Crippen molar-refractivity contribution in [3.05, 3.63) is 21.9 Å². The van der Waals surface area contributed by atoms with Crippen LogP contribution in [0, 0.1) is 0 Å². The highest BCUT2D eigenvalue weighted by Gasteiger charge is 2.05. The lowest BCUT2D eigenvalue weighted by atomic mass is 10.6. The van der Waals surface area contributed by atoms with Gasteiger partial charge in [-0.3, -0.25) is 0 Å². The highest BCUT2D eigenvalue weighted by Crippen LogP contribution is 2.12. The third kappa shape index (κ3) is 3.50. The fourth-order valence-electron chi connectivity index (χ4n) is 1.10. The lowest BCUT2D eigenvalue weighted by Crippen LogP contribution is -2.06. The molecule has 0 bridgehead atoms. The number of nitrogens with zero attached hydrogens (tertiary/aromatic N) is 4. The zero-order chi connectivity index (χ0) is 12.1. The Morgan fingerprint density at radius 2 is 2.29 bits per heavy atom. The molecule has 0 atom stereocenters. The van der Waals surface area contributed by atoms with Crippen molar-refractivity contribution in [3.8, 4) is 6.01 Å². The van der Waals surface area contributed by atoms with Gasteiger partial charge in [-0.05, 0) is 18.5 Å². The van der Waals surface area contributed by atoms with Gasteiger partial charge in [0.15, 0.2) is 0 Å². The van der Waals surface area contributed by atoms with Crippen molar-refractivity contribution in [3.63, 3.8) is 0 Å². The number of aromatic nitrogens is 4. The fourth-order valence-corrected chi connectivity index (χ4v) is 1.81. The van der Waals surface area contributed by atoms with Gasteiger partial charge in [0.05, 0.1) is 13.2 Å². The van der Waals surface area contributed by atoms with E-state index in [9.17, 15) is 0 Å². The molecule has 17 heavy (non-hydrogen) atoms. The van der Waals surface area contributed by atoms with Crippen LogP contribution in [0.3, 0.4) is 0 Å². The molecule has 2 aromatic rings. The van der Waals surface area contributed by atoms with Gasteiger partial charge in [0.25, 0.3) is 0 Å². The van der Waals surface area contributed by atoms with E-state index in [2.05, 4.69) is 25.3 Å². The first kappa shape index (κ1) is 12.0. The van der Waals surface area contributed by atoms with Gasteiger partial charge >= 0.3 is 6.01 Å². The molecule has 90 valence electrons. The highest BCUT2D eigenvalue weighted by atomic mass is 35.5. The quantitative estimate of drug-likeness (QED) is 0.897. The topological polar surface area (TPSA) is 72.8 Å². The van der Waals surface area contributed by atoms with E-state index in [0.29, 0.717) is 19.1 Å². The van der Waals surface area contributed by atoms with Gasteiger partial charge in [0.1, 0.15) is 5.01 Å². The Balaban J connectivity index is 2.04. The molecule has 2 heterocycles. The molecular formula is C9H10ClN5OS. The number of nitrogens with one attached hydrogen (secondary N) is 1. The average Bonchev–Trinajstić information content (AvgIpc) is 2.79. The second-order valence-electron chi connectivity index (χ2n) is 2.92. The minimum absolute atomic E-state index is 0.102. The summed E-state index contributed by atoms with van der Waals surface area (Å²) in [4.78, 5) is 16.0. The number of hydrogen-bond donors (Lipinski definition) is 1. The monoisotopic (exact) mass is 271 g/mol. The molecular weight excluding hydrogens is 262 g/mol. The maximum atomic E-state index is 5.75. The molecule has 0 amide bonds. The second-order valence-corrected chi connectivity index (χ2v) is 4.24. The van der Waals surface area contributed by atoms with Gasteiger partial charge in [-0.1, -0.05) is 0 Å². The molecule has 0 spiro atoms. The first-order valence-electron chi connectivity index (χ1n) is 4.94. The SMILES string of the molecule is CCOc1nc(Cl)nc(NCc2nccs2)n1. The van der Waals surface area contributed by atoms with Gasteiger partial charge < -0.3 is 10.1 Å². The van der Waals surface area contributed by atoms with Crippen LogP contribution >= 0.6 is 22.9 Å². The van der Waals surface area contributed by atoms with E-state index in [1.165, 1.54) is 0 Å². The van der Waals surface area contributed by atoms with E-state index >= 15 is 0 Å². The largest absolute Gasteiger partial charge is 0.464 e. The van der Waals surface area contributed by atoms with Gasteiger partial charge in [0, 0.05) is 11.6 Å². The molecule has 6 nitrogen and oxygen atoms in total. The third-order valence-corrected chi connectivity index (χ3v) is 2.69. The van der Waals surface area contributed by atoms with Crippen molar-refractivity contribution in [1.82, 2.24) is 19.9 Å². The molecule has 2 rings (SSSR count). The predicted octanol–water partition coefficient (Wildman–Crippen LogP) is 1.99. The number of anilines is 1. The minimum atomic E-state index is 0.102. The van der Waals surface area contributed by atoms with Gasteiger partial charge in [-0.15, -0.1) is 11.3 Å². The standard InChI is InChI=1S/C9H10ClN5OS/c1-2-16-9-14-7(10)13-8(15-9)12-5-6-11-3-4-17-6/h3-4H,2,5H2,1H3,(H,12,13,14,15). The summed E-state index contributed by atoms with van der Waals surface area (Å²) in [7, 11) is 0. The van der Waals surface area contributed by atoms with Crippen LogP contribution in [-0.2, 0) is 6.54 Å². The van der Waals surface area contributed by atoms with Crippen molar-refractivity contribution in [2.75, 3.05) is 11.9 Å². The van der Waals surface area contributed by atoms with Crippen molar-refractivity contribution in [2.45, 2.75) is 13.5 Å². The zero-order valence-corrected chi connectivity index (χ0v) is 10.6. The smallest absolute Gasteiger partial charge is 0.322 e. The highest BCUT2D eigenvalue weighted by molar-refractivity contribution is 7.09. The molecule has 0 aliphatic heterocycles. The summed E-state index contributed by atoms with van der Waals surface area (Å²) in [6.07, 6.45) is 1.74. The predicted molar refractivity (Wildman–Crippen MR) is 65.4 cm³/mol. The summed E-state index contributed by atoms with van der Waals surface area (Å²) >= 11 is 7.30. The van der Waals surface area contributed by atoms with Gasteiger partial charge in [-0.2, -0.15) is 15.0 Å². The number of hydrogen-bond acceptors (Lipinski definition) is 7. The summed E-state index contributed by atoms with van der Waals surface area (Å²) in [6, 6.07) is 0.217. The maximum Gasteiger partial charge on any atom is 0.322 e. The van der Waals surface area contributed by atoms with Crippen molar-refractivity contribution >= 4 is 28.9 Å². The number of rotatable bonds is 5. The Hall–Kier alpha value is -1.47. The van der Waals surface area contributed by atoms with Crippen LogP contribution in [0.5, 0.6) is 6.01 Å². The van der Waals surface area contributed by atoms with E-state index in [1.807, 2.05) is 12.3 Å². The molecule has 0 saturated carbocycles. The van der Waals surface area contributed by atoms with Crippen molar-refractivity contribution in [2.24, 2.45) is 0 Å². The Morgan fingerprint density at radius 1 is 1.41 bits per heavy atom. The summed E-state index contributed by atoms with van der Waals surface area (Å²) in [5.74, 6) is 0.378. The lowest BCUT2D eigenvalue weighted by Gasteiger charge is -2.05. The Labute approximate surface area is 107 Å². The molecule has 0 saturated heterocycles. The molecule has 0 fully saturated rings. The Morgan fingerprint density at radius 3 is 3.00 bits per heavy atom. The van der Waals surface area contributed by atoms with Crippen molar-refractivity contribution < 1.29 is 4.74 Å². The van der Waals surface area contributed by atoms with Crippen LogP contribution in [0.1, 0.15) is 11.9 Å². The van der Waals surface area contributed by atoms with E-state index < -0.39 is 0 Å². The van der Waals surface area contributed by atoms with E-state index in [-0.39, 0.29) is 11.3 Å². The summed E-state index contributed by atoms with van der Waals surface area (Å²) in [5, 5.41) is 5.96. The van der Waals surface area contributed by atoms with Crippen molar-refractivity contribution in [1.29, 1.82) is 0 Å². The average molecular weight is 272 g/mol. The van der Waals surface area contributed by atoms with Crippen LogP contribution in [0.2, 0.25) is 5.28 Å². The van der Waals surface area contributed by atoms with E-state index in [0.717, 1.165) is 5.01 Å². The molecule has 0 radical (unpaired) electrons. The third-order valence-electron chi connectivity index (χ3n) is 1.74. The van der Waals surface area contributed by atoms with Gasteiger partial charge in [0.2, 0.25) is 11.2 Å². The zero-order valence-electron chi connectivity index (χ0n) is 9.05. The van der Waals surface area contributed by atoms with Crippen LogP contribution in [0.25, 0.3) is 0 Å². The molecule has 8 heteroatoms. The number of halogens is 1. The van der Waals surface area contributed by atoms with E-state index in [1.54, 1.807) is 17.5 Å². The summed E-state index contributed by atoms with van der Waals surface area (Å²) in [5.41, 5.74) is 0. The van der Waals surface area contributed by atoms with Crippen LogP contribution in [0.15, 0.2) is 11.6 Å². The van der Waals surface area contributed by atoms with Gasteiger partial charge in [-0.25, -0.2) is 4.98 Å². The Bertz CT molecular complexity index is 478. The molecule has 0 unspecified atom stereocenters. The first-order chi connectivity index (χ1) is 8.28. The minimum Gasteiger partial charge on any atom is -0.464 e. The van der Waals surface area contributed by atoms with Crippen LogP contribution in [0.4, 0.5) is 5.95 Å². The first-order valence-corrected chi connectivity index (χ1v) is 6.20. The molecule has 0 aliphatic rings. The fraction of sp³-hybridized carbons (Fsp3) is 0.333. The maximum absolute atomic E-state index is 5.75. The molecule has 1 N–H and O–H groups in total. The Kier molecular flexibility index (Phi) is 4.05. The number of ether oxygens (including phenoxy) is 1. The lowest BCUT2D eigenvalue weighted by molar-refractivity contribution is 0.312. The second kappa shape index (κ2) is 5.74. The summed E-state index contributed by atoms with van der Waals surface area (Å²) in [6.45, 7) is 2.87. The molecule has 0 aromatic carbocycles. The van der Waals surface area contributed by atoms with Crippen LogP contribution < -0.4 is 10.1 Å². The molecule has 2 aromatic heterocycles. The summed E-state index contributed by atoms with van der Waals surface area (Å²) < 4.78 is 5.16. The van der Waals surface area contributed by atoms with E-state index in [4.69, 9.17) is 16.3 Å². The number of thiazole rings is 1. The van der Waals surface area contributed by atoms with Crippen LogP contribution in [-0.4, -0.2) is 26.5 Å². The normalized spacial score (nSPS) is 10.2. The molecule has 0 aliphatic carbocycles.